The van der Waals surface area contributed by atoms with Crippen molar-refractivity contribution in [3.05, 3.63) is 47.5 Å². The van der Waals surface area contributed by atoms with E-state index in [-0.39, 0.29) is 27.9 Å². The molecule has 28 heavy (non-hydrogen) atoms. The number of aromatic nitrogens is 3. The number of aromatic hydroxyl groups is 1. The second-order valence-corrected chi connectivity index (χ2v) is 7.70. The number of hydrogen-bond acceptors (Lipinski definition) is 3. The Labute approximate surface area is 162 Å². The summed E-state index contributed by atoms with van der Waals surface area (Å²) in [5, 5.41) is 18.5. The lowest BCUT2D eigenvalue weighted by molar-refractivity contribution is -0.136. The summed E-state index contributed by atoms with van der Waals surface area (Å²) < 4.78 is 39.8. The molecular weight excluding hydrogens is 367 g/mol. The van der Waals surface area contributed by atoms with Crippen molar-refractivity contribution in [2.24, 2.45) is 0 Å². The highest BCUT2D eigenvalue weighted by Crippen LogP contribution is 2.36. The molecule has 0 unspecified atom stereocenters. The van der Waals surface area contributed by atoms with Gasteiger partial charge in [-0.25, -0.2) is 0 Å². The molecule has 1 N–H and O–H groups in total. The van der Waals surface area contributed by atoms with Gasteiger partial charge in [-0.15, -0.1) is 15.0 Å². The molecule has 0 aliphatic heterocycles. The van der Waals surface area contributed by atoms with Crippen LogP contribution in [0.1, 0.15) is 57.6 Å². The van der Waals surface area contributed by atoms with E-state index in [1.807, 2.05) is 6.07 Å². The summed E-state index contributed by atoms with van der Waals surface area (Å²) >= 11 is 0. The van der Waals surface area contributed by atoms with Crippen LogP contribution in [0.5, 0.6) is 5.75 Å². The normalized spacial score (nSPS) is 12.6. The standard InChI is InChI=1S/C21H24F3N3O/c1-4-5-6-12-20(2,3)14-10-11-18(28)17(13-14)27-25-16-9-7-8-15(19(16)26-27)21(22,23)24/h7-11,13,28H,4-6,12H2,1-3H3. The van der Waals surface area contributed by atoms with Crippen LogP contribution in [0.2, 0.25) is 0 Å². The van der Waals surface area contributed by atoms with Crippen LogP contribution < -0.4 is 0 Å². The van der Waals surface area contributed by atoms with Crippen molar-refractivity contribution in [3.8, 4) is 11.4 Å². The smallest absolute Gasteiger partial charge is 0.418 e. The van der Waals surface area contributed by atoms with E-state index in [0.29, 0.717) is 0 Å². The number of hydrogen-bond donors (Lipinski definition) is 1. The Kier molecular flexibility index (Phi) is 5.37. The minimum atomic E-state index is -4.52. The summed E-state index contributed by atoms with van der Waals surface area (Å²) in [6.45, 7) is 6.39. The van der Waals surface area contributed by atoms with Crippen LogP contribution in [0.15, 0.2) is 36.4 Å². The third-order valence-electron chi connectivity index (χ3n) is 5.09. The van der Waals surface area contributed by atoms with Crippen LogP contribution in [0.3, 0.4) is 0 Å². The van der Waals surface area contributed by atoms with Gasteiger partial charge in [0.1, 0.15) is 22.5 Å². The van der Waals surface area contributed by atoms with Crippen LogP contribution >= 0.6 is 0 Å². The van der Waals surface area contributed by atoms with E-state index < -0.39 is 11.7 Å². The monoisotopic (exact) mass is 391 g/mol. The number of rotatable bonds is 6. The van der Waals surface area contributed by atoms with E-state index in [2.05, 4.69) is 31.0 Å². The molecule has 0 bridgehead atoms. The first-order valence-electron chi connectivity index (χ1n) is 9.40. The van der Waals surface area contributed by atoms with Crippen molar-refractivity contribution in [3.63, 3.8) is 0 Å². The van der Waals surface area contributed by atoms with E-state index in [1.165, 1.54) is 12.1 Å². The highest BCUT2D eigenvalue weighted by molar-refractivity contribution is 5.78. The fourth-order valence-corrected chi connectivity index (χ4v) is 3.34. The maximum absolute atomic E-state index is 13.3. The molecule has 150 valence electrons. The minimum Gasteiger partial charge on any atom is -0.506 e. The summed E-state index contributed by atoms with van der Waals surface area (Å²) in [6, 6.07) is 8.91. The Hall–Kier alpha value is -2.57. The van der Waals surface area contributed by atoms with Crippen molar-refractivity contribution in [2.45, 2.75) is 58.0 Å². The fourth-order valence-electron chi connectivity index (χ4n) is 3.34. The van der Waals surface area contributed by atoms with Crippen LogP contribution in [0.25, 0.3) is 16.7 Å². The molecule has 3 aromatic rings. The zero-order valence-corrected chi connectivity index (χ0v) is 16.2. The predicted molar refractivity (Wildman–Crippen MR) is 103 cm³/mol. The van der Waals surface area contributed by atoms with Gasteiger partial charge in [-0.05, 0) is 41.7 Å². The Morgan fingerprint density at radius 2 is 1.79 bits per heavy atom. The number of unbranched alkanes of at least 4 members (excludes halogenated alkanes) is 2. The van der Waals surface area contributed by atoms with Gasteiger partial charge in [0.25, 0.3) is 0 Å². The van der Waals surface area contributed by atoms with Crippen molar-refractivity contribution in [1.82, 2.24) is 15.0 Å². The number of fused-ring (bicyclic) bond motifs is 1. The van der Waals surface area contributed by atoms with Crippen molar-refractivity contribution in [2.75, 3.05) is 0 Å². The Morgan fingerprint density at radius 3 is 2.46 bits per heavy atom. The molecule has 7 heteroatoms. The molecule has 3 rings (SSSR count). The molecule has 0 aliphatic rings. The first kappa shape index (κ1) is 20.2. The Bertz CT molecular complexity index is 977. The first-order valence-corrected chi connectivity index (χ1v) is 9.40. The predicted octanol–water partition coefficient (Wildman–Crippen LogP) is 6.00. The zero-order valence-electron chi connectivity index (χ0n) is 16.2. The van der Waals surface area contributed by atoms with Gasteiger partial charge in [-0.3, -0.25) is 0 Å². The second kappa shape index (κ2) is 7.45. The van der Waals surface area contributed by atoms with E-state index in [0.717, 1.165) is 42.1 Å². The molecule has 0 radical (unpaired) electrons. The topological polar surface area (TPSA) is 50.9 Å². The van der Waals surface area contributed by atoms with E-state index in [1.54, 1.807) is 12.1 Å². The third kappa shape index (κ3) is 3.98. The lowest BCUT2D eigenvalue weighted by Crippen LogP contribution is -2.17. The molecule has 0 aliphatic carbocycles. The van der Waals surface area contributed by atoms with Gasteiger partial charge in [-0.2, -0.15) is 13.2 Å². The van der Waals surface area contributed by atoms with Gasteiger partial charge in [0, 0.05) is 0 Å². The largest absolute Gasteiger partial charge is 0.506 e. The lowest BCUT2D eigenvalue weighted by atomic mass is 9.80. The minimum absolute atomic E-state index is 0.0815. The molecule has 0 saturated heterocycles. The molecule has 1 aromatic heterocycles. The van der Waals surface area contributed by atoms with E-state index in [4.69, 9.17) is 0 Å². The zero-order chi connectivity index (χ0) is 20.5. The van der Waals surface area contributed by atoms with Crippen LogP contribution in [0.4, 0.5) is 13.2 Å². The van der Waals surface area contributed by atoms with Crippen molar-refractivity contribution >= 4 is 11.0 Å². The number of phenols is 1. The average molecular weight is 391 g/mol. The van der Waals surface area contributed by atoms with Gasteiger partial charge in [0.15, 0.2) is 0 Å². The average Bonchev–Trinajstić information content (AvgIpc) is 3.04. The summed E-state index contributed by atoms with van der Waals surface area (Å²) in [5.41, 5.74) is 0.163. The van der Waals surface area contributed by atoms with Crippen LogP contribution in [-0.4, -0.2) is 20.1 Å². The van der Waals surface area contributed by atoms with Crippen molar-refractivity contribution in [1.29, 1.82) is 0 Å². The molecule has 0 spiro atoms. The highest BCUT2D eigenvalue weighted by Gasteiger charge is 2.34. The Balaban J connectivity index is 2.04. The number of halogens is 3. The number of nitrogens with zero attached hydrogens (tertiary/aromatic N) is 3. The number of alkyl halides is 3. The second-order valence-electron chi connectivity index (χ2n) is 7.70. The molecular formula is C21H24F3N3O. The summed E-state index contributed by atoms with van der Waals surface area (Å²) in [4.78, 5) is 1.08. The summed E-state index contributed by atoms with van der Waals surface area (Å²) in [7, 11) is 0. The van der Waals surface area contributed by atoms with E-state index >= 15 is 0 Å². The van der Waals surface area contributed by atoms with Gasteiger partial charge < -0.3 is 5.11 Å². The molecule has 1 heterocycles. The SMILES string of the molecule is CCCCCC(C)(C)c1ccc(O)c(-n2nc3cccc(C(F)(F)F)c3n2)c1. The van der Waals surface area contributed by atoms with Gasteiger partial charge in [0.05, 0.1) is 5.56 Å². The lowest BCUT2D eigenvalue weighted by Gasteiger charge is -2.26. The van der Waals surface area contributed by atoms with Crippen molar-refractivity contribution < 1.29 is 18.3 Å². The number of benzene rings is 2. The maximum Gasteiger partial charge on any atom is 0.418 e. The highest BCUT2D eigenvalue weighted by atomic mass is 19.4. The van der Waals surface area contributed by atoms with Gasteiger partial charge in [0.2, 0.25) is 0 Å². The summed E-state index contributed by atoms with van der Waals surface area (Å²) in [5.74, 6) is -0.0815. The molecule has 0 saturated carbocycles. The van der Waals surface area contributed by atoms with Crippen LogP contribution in [0, 0.1) is 0 Å². The fraction of sp³-hybridized carbons (Fsp3) is 0.429. The first-order chi connectivity index (χ1) is 13.1. The van der Waals surface area contributed by atoms with E-state index in [9.17, 15) is 18.3 Å². The molecule has 4 nitrogen and oxygen atoms in total. The quantitative estimate of drug-likeness (QED) is 0.524. The summed E-state index contributed by atoms with van der Waals surface area (Å²) in [6.07, 6.45) is -0.204. The number of phenolic OH excluding ortho intramolecular Hbond substituents is 1. The van der Waals surface area contributed by atoms with Gasteiger partial charge in [-0.1, -0.05) is 52.2 Å². The van der Waals surface area contributed by atoms with Crippen LogP contribution in [-0.2, 0) is 11.6 Å². The molecule has 0 amide bonds. The Morgan fingerprint density at radius 1 is 1.04 bits per heavy atom. The third-order valence-corrected chi connectivity index (χ3v) is 5.09. The molecule has 0 atom stereocenters. The maximum atomic E-state index is 13.3. The molecule has 2 aromatic carbocycles. The molecule has 0 fully saturated rings. The van der Waals surface area contributed by atoms with Gasteiger partial charge >= 0.3 is 6.18 Å².